The number of nitrogens with zero attached hydrogens (tertiary/aromatic N) is 1. The summed E-state index contributed by atoms with van der Waals surface area (Å²) >= 11 is 3.81. The van der Waals surface area contributed by atoms with Crippen molar-refractivity contribution in [3.8, 4) is 27.9 Å². The second kappa shape index (κ2) is 13.6. The van der Waals surface area contributed by atoms with E-state index in [1.54, 1.807) is 0 Å². The molecule has 0 saturated carbocycles. The molecule has 2 nitrogen and oxygen atoms in total. The minimum Gasteiger partial charge on any atom is -0.355 e. The van der Waals surface area contributed by atoms with Crippen molar-refractivity contribution in [1.29, 1.82) is 0 Å². The van der Waals surface area contributed by atoms with E-state index in [1.165, 1.54) is 142 Å². The predicted molar refractivity (Wildman–Crippen MR) is 298 cm³/mol. The summed E-state index contributed by atoms with van der Waals surface area (Å²) in [5.41, 5.74) is 21.1. The fourth-order valence-electron chi connectivity index (χ4n) is 12.8. The third kappa shape index (κ3) is 5.52. The molecule has 14 rings (SSSR count). The summed E-state index contributed by atoms with van der Waals surface area (Å²) in [6, 6.07) is 51.8. The Hall–Kier alpha value is -6.14. The Kier molecular flexibility index (Phi) is 8.15. The van der Waals surface area contributed by atoms with Gasteiger partial charge in [-0.2, -0.15) is 0 Å². The van der Waals surface area contributed by atoms with Crippen molar-refractivity contribution >= 4 is 114 Å². The summed E-state index contributed by atoms with van der Waals surface area (Å²) < 4.78 is 8.00. The molecule has 0 bridgehead atoms. The first kappa shape index (κ1) is 40.9. The minimum absolute atomic E-state index is 0.0574. The monoisotopic (exact) mass is 913 g/mol. The van der Waals surface area contributed by atoms with Crippen LogP contribution in [0.3, 0.4) is 0 Å². The molecular weight excluding hydrogens is 860 g/mol. The lowest BCUT2D eigenvalue weighted by Gasteiger charge is -2.42. The number of thiophene rings is 2. The molecule has 0 unspecified atom stereocenters. The smallest absolute Gasteiger partial charge is 0.197 e. The molecule has 3 aromatic heterocycles. The highest BCUT2D eigenvalue weighted by Gasteiger charge is 2.44. The van der Waals surface area contributed by atoms with Gasteiger partial charge in [0.15, 0.2) is 7.28 Å². The molecule has 5 heteroatoms. The van der Waals surface area contributed by atoms with Crippen molar-refractivity contribution < 1.29 is 0 Å². The van der Waals surface area contributed by atoms with Gasteiger partial charge in [-0.15, -0.1) is 22.7 Å². The second-order valence-corrected chi connectivity index (χ2v) is 25.2. The van der Waals surface area contributed by atoms with Crippen molar-refractivity contribution in [2.24, 2.45) is 0 Å². The molecule has 2 aliphatic carbocycles. The van der Waals surface area contributed by atoms with Gasteiger partial charge in [-0.3, -0.25) is 0 Å². The van der Waals surface area contributed by atoms with Gasteiger partial charge in [0.1, 0.15) is 0 Å². The lowest BCUT2D eigenvalue weighted by atomic mass is 9.57. The quantitative estimate of drug-likeness (QED) is 0.175. The number of nitrogens with one attached hydrogen (secondary N) is 1. The molecule has 68 heavy (non-hydrogen) atoms. The number of hydrogen-bond donors (Lipinski definition) is 1. The van der Waals surface area contributed by atoms with Crippen LogP contribution in [0.5, 0.6) is 0 Å². The van der Waals surface area contributed by atoms with Gasteiger partial charge in [0, 0.05) is 84.7 Å². The van der Waals surface area contributed by atoms with E-state index in [2.05, 4.69) is 213 Å². The van der Waals surface area contributed by atoms with Crippen LogP contribution < -0.4 is 16.2 Å². The van der Waals surface area contributed by atoms with Crippen LogP contribution in [-0.4, -0.2) is 11.8 Å². The topological polar surface area (TPSA) is 17.0 Å². The number of hydrogen-bond acceptors (Lipinski definition) is 3. The first-order chi connectivity index (χ1) is 32.6. The number of fused-ring (bicyclic) bond motifs is 16. The van der Waals surface area contributed by atoms with Crippen molar-refractivity contribution in [3.63, 3.8) is 0 Å². The number of aromatic nitrogens is 1. The van der Waals surface area contributed by atoms with Gasteiger partial charge >= 0.3 is 0 Å². The number of rotatable bonds is 3. The fourth-order valence-corrected chi connectivity index (χ4v) is 15.1. The maximum Gasteiger partial charge on any atom is 0.197 e. The molecule has 4 heterocycles. The molecule has 0 atom stereocenters. The van der Waals surface area contributed by atoms with E-state index in [9.17, 15) is 0 Å². The van der Waals surface area contributed by atoms with E-state index in [1.807, 2.05) is 22.7 Å². The zero-order chi connectivity index (χ0) is 46.4. The molecule has 1 N–H and O–H groups in total. The Morgan fingerprint density at radius 2 is 1.18 bits per heavy atom. The average Bonchev–Trinajstić information content (AvgIpc) is 4.03. The van der Waals surface area contributed by atoms with E-state index in [0.717, 1.165) is 11.4 Å². The van der Waals surface area contributed by atoms with Gasteiger partial charge in [-0.25, -0.2) is 0 Å². The van der Waals surface area contributed by atoms with Crippen LogP contribution in [0.2, 0.25) is 0 Å². The summed E-state index contributed by atoms with van der Waals surface area (Å²) in [7, 11) is 2.58. The minimum atomic E-state index is -0.295. The SMILES string of the molecule is CC(C)(C)c1ccc(Nc2cc3sc4ccccc4c3cc2-c2c3c(c4c5cc6c(cc5n5c4c2[B]c2cc4sc7ccccc7c4cc2-5)C(C)(C)CCC6(C)C)-c2ccccc2C3(C)C)cc1. The summed E-state index contributed by atoms with van der Waals surface area (Å²) in [5.74, 6) is 0. The molecule has 3 aliphatic rings. The molecule has 1 radical (unpaired) electrons. The zero-order valence-corrected chi connectivity index (χ0v) is 42.1. The van der Waals surface area contributed by atoms with Gasteiger partial charge in [0.25, 0.3) is 0 Å². The van der Waals surface area contributed by atoms with Crippen LogP contribution in [0.25, 0.3) is 90.1 Å². The predicted octanol–water partition coefficient (Wildman–Crippen LogP) is 16.9. The van der Waals surface area contributed by atoms with Crippen LogP contribution in [0.4, 0.5) is 11.4 Å². The van der Waals surface area contributed by atoms with E-state index in [-0.39, 0.29) is 21.7 Å². The van der Waals surface area contributed by atoms with Crippen molar-refractivity contribution in [3.05, 3.63) is 161 Å². The Balaban J connectivity index is 1.18. The van der Waals surface area contributed by atoms with Crippen LogP contribution in [-0.2, 0) is 21.7 Å². The lowest BCUT2D eigenvalue weighted by Crippen LogP contribution is -2.38. The lowest BCUT2D eigenvalue weighted by molar-refractivity contribution is 0.332. The molecule has 331 valence electrons. The molecule has 0 fully saturated rings. The first-order valence-corrected chi connectivity index (χ1v) is 26.2. The first-order valence-electron chi connectivity index (χ1n) is 24.5. The largest absolute Gasteiger partial charge is 0.355 e. The summed E-state index contributed by atoms with van der Waals surface area (Å²) in [4.78, 5) is 0. The normalized spacial score (nSPS) is 16.4. The van der Waals surface area contributed by atoms with Crippen molar-refractivity contribution in [2.45, 2.75) is 96.8 Å². The van der Waals surface area contributed by atoms with Crippen LogP contribution in [0.15, 0.2) is 133 Å². The third-order valence-corrected chi connectivity index (χ3v) is 18.9. The highest BCUT2D eigenvalue weighted by molar-refractivity contribution is 7.26. The molecule has 11 aromatic rings. The van der Waals surface area contributed by atoms with Crippen molar-refractivity contribution in [1.82, 2.24) is 4.57 Å². The zero-order valence-electron chi connectivity index (χ0n) is 40.5. The van der Waals surface area contributed by atoms with E-state index in [4.69, 9.17) is 0 Å². The summed E-state index contributed by atoms with van der Waals surface area (Å²) in [6.45, 7) is 21.8. The Morgan fingerprint density at radius 1 is 0.559 bits per heavy atom. The Bertz CT molecular complexity index is 4030. The van der Waals surface area contributed by atoms with E-state index >= 15 is 0 Å². The van der Waals surface area contributed by atoms with E-state index < -0.39 is 0 Å². The van der Waals surface area contributed by atoms with Gasteiger partial charge < -0.3 is 9.88 Å². The molecule has 8 aromatic carbocycles. The highest BCUT2D eigenvalue weighted by atomic mass is 32.1. The van der Waals surface area contributed by atoms with Crippen LogP contribution >= 0.6 is 22.7 Å². The van der Waals surface area contributed by atoms with Gasteiger partial charge in [-0.05, 0) is 140 Å². The standard InChI is InChI=1S/C63H54BN2S2/c1-60(2,3)34-22-24-35(25-23-34)65-47-33-53-39(36-16-11-14-20-50(36)68-53)28-41(47)56-57-54(38-18-10-13-19-43(38)63(57,8)9)55-42-29-44-45(62(6,7)27-26-61(44,4)5)31-48(42)66-49-30-40-37-17-12-15-21-51(37)67-52(40)32-46(49)64-58(56)59(55)66/h10-25,28-33,65H,26-27H2,1-9H3. The second-order valence-electron chi connectivity index (χ2n) is 23.0. The maximum absolute atomic E-state index is 4.09. The fraction of sp³-hybridized carbons (Fsp3) is 0.238. The Labute approximate surface area is 407 Å². The molecule has 1 aliphatic heterocycles. The molecule has 0 saturated heterocycles. The average molecular weight is 914 g/mol. The molecular formula is C63H54BN2S2. The van der Waals surface area contributed by atoms with Gasteiger partial charge in [0.05, 0.1) is 5.52 Å². The molecule has 0 spiro atoms. The molecule has 0 amide bonds. The van der Waals surface area contributed by atoms with Crippen molar-refractivity contribution in [2.75, 3.05) is 5.32 Å². The third-order valence-electron chi connectivity index (χ3n) is 16.6. The summed E-state index contributed by atoms with van der Waals surface area (Å²) in [5, 5.41) is 12.1. The van der Waals surface area contributed by atoms with Gasteiger partial charge in [0.2, 0.25) is 0 Å². The Morgan fingerprint density at radius 3 is 1.87 bits per heavy atom. The summed E-state index contributed by atoms with van der Waals surface area (Å²) in [6.07, 6.45) is 2.35. The van der Waals surface area contributed by atoms with Crippen LogP contribution in [0.1, 0.15) is 103 Å². The number of benzene rings is 8. The van der Waals surface area contributed by atoms with Gasteiger partial charge in [-0.1, -0.05) is 141 Å². The highest BCUT2D eigenvalue weighted by Crippen LogP contribution is 2.59. The number of anilines is 2. The maximum atomic E-state index is 4.09. The van der Waals surface area contributed by atoms with E-state index in [0.29, 0.717) is 0 Å². The van der Waals surface area contributed by atoms with Crippen LogP contribution in [0, 0.1) is 0 Å².